The third-order valence-corrected chi connectivity index (χ3v) is 5.59. The van der Waals surface area contributed by atoms with Crippen molar-refractivity contribution in [3.8, 4) is 0 Å². The third-order valence-electron chi connectivity index (χ3n) is 5.59. The zero-order chi connectivity index (χ0) is 24.4. The van der Waals surface area contributed by atoms with E-state index in [1.165, 1.54) is 10.5 Å². The lowest BCUT2D eigenvalue weighted by molar-refractivity contribution is -0.126. The first-order valence-electron chi connectivity index (χ1n) is 11.3. The van der Waals surface area contributed by atoms with Gasteiger partial charge < -0.3 is 20.7 Å². The third kappa shape index (κ3) is 8.11. The van der Waals surface area contributed by atoms with Crippen LogP contribution in [-0.2, 0) is 16.1 Å². The van der Waals surface area contributed by atoms with Crippen molar-refractivity contribution in [2.45, 2.75) is 57.7 Å². The highest BCUT2D eigenvalue weighted by Crippen LogP contribution is 2.24. The minimum Gasteiger partial charge on any atom is -0.374 e. The number of rotatable bonds is 11. The zero-order valence-electron chi connectivity index (χ0n) is 20.1. The molecule has 0 aliphatic rings. The predicted octanol–water partition coefficient (Wildman–Crippen LogP) is 3.90. The maximum atomic E-state index is 12.6. The average molecular weight is 452 g/mol. The van der Waals surface area contributed by atoms with Gasteiger partial charge in [-0.1, -0.05) is 67.6 Å². The van der Waals surface area contributed by atoms with Crippen LogP contribution in [0.15, 0.2) is 60.7 Å². The number of nitrogens with one attached hydrogen (secondary N) is 3. The highest BCUT2D eigenvalue weighted by molar-refractivity contribution is 6.02. The molecule has 33 heavy (non-hydrogen) atoms. The van der Waals surface area contributed by atoms with Gasteiger partial charge in [-0.15, -0.1) is 0 Å². The Morgan fingerprint density at radius 3 is 2.21 bits per heavy atom. The van der Waals surface area contributed by atoms with Gasteiger partial charge in [0, 0.05) is 13.5 Å². The van der Waals surface area contributed by atoms with Crippen LogP contribution in [0, 0.1) is 10.8 Å². The number of benzene rings is 2. The summed E-state index contributed by atoms with van der Waals surface area (Å²) in [5.41, 5.74) is 7.03. The van der Waals surface area contributed by atoms with Gasteiger partial charge in [0.2, 0.25) is 5.91 Å². The van der Waals surface area contributed by atoms with Gasteiger partial charge in [0.05, 0.1) is 18.8 Å². The average Bonchev–Trinajstić information content (AvgIpc) is 2.81. The molecule has 0 saturated heterocycles. The smallest absolute Gasteiger partial charge is 0.240 e. The van der Waals surface area contributed by atoms with Crippen LogP contribution in [-0.4, -0.2) is 47.7 Å². The number of nitrogens with two attached hydrogens (primary N) is 1. The van der Waals surface area contributed by atoms with E-state index in [1.807, 2.05) is 48.5 Å². The molecule has 7 nitrogen and oxygen atoms in total. The number of amides is 1. The molecule has 2 rings (SSSR count). The van der Waals surface area contributed by atoms with Gasteiger partial charge in [0.15, 0.2) is 0 Å². The van der Waals surface area contributed by atoms with Crippen molar-refractivity contribution in [3.05, 3.63) is 71.8 Å². The molecule has 0 aliphatic heterocycles. The molecule has 178 valence electrons. The van der Waals surface area contributed by atoms with Crippen molar-refractivity contribution in [1.29, 1.82) is 10.8 Å². The fourth-order valence-corrected chi connectivity index (χ4v) is 3.37. The first kappa shape index (κ1) is 26.2. The molecule has 0 heterocycles. The van der Waals surface area contributed by atoms with Gasteiger partial charge in [-0.25, -0.2) is 0 Å². The summed E-state index contributed by atoms with van der Waals surface area (Å²) >= 11 is 0. The topological polar surface area (TPSA) is 115 Å². The fraction of sp³-hybridized carbons (Fsp3) is 0.423. The van der Waals surface area contributed by atoms with E-state index in [0.717, 1.165) is 12.0 Å². The van der Waals surface area contributed by atoms with Gasteiger partial charge >= 0.3 is 0 Å². The monoisotopic (exact) mass is 451 g/mol. The minimum absolute atomic E-state index is 0.0913. The maximum absolute atomic E-state index is 12.6. The lowest BCUT2D eigenvalue weighted by Gasteiger charge is -2.30. The fourth-order valence-electron chi connectivity index (χ4n) is 3.37. The summed E-state index contributed by atoms with van der Waals surface area (Å²) in [7, 11) is 1.69. The summed E-state index contributed by atoms with van der Waals surface area (Å²) in [5, 5.41) is 20.2. The molecular formula is C26H37N5O2. The molecule has 5 N–H and O–H groups in total. The van der Waals surface area contributed by atoms with E-state index < -0.39 is 11.6 Å². The molecule has 0 saturated carbocycles. The Bertz CT molecular complexity index is 909. The molecule has 0 fully saturated rings. The van der Waals surface area contributed by atoms with E-state index >= 15 is 0 Å². The Morgan fingerprint density at radius 2 is 1.67 bits per heavy atom. The Kier molecular flexibility index (Phi) is 9.75. The van der Waals surface area contributed by atoms with Crippen LogP contribution < -0.4 is 11.1 Å². The summed E-state index contributed by atoms with van der Waals surface area (Å²) in [6, 6.07) is 19.1. The van der Waals surface area contributed by atoms with Crippen LogP contribution >= 0.6 is 0 Å². The molecule has 0 spiro atoms. The number of ether oxygens (including phenoxy) is 1. The Balaban J connectivity index is 2.08. The first-order valence-corrected chi connectivity index (χ1v) is 11.3. The van der Waals surface area contributed by atoms with E-state index in [0.29, 0.717) is 18.9 Å². The molecule has 0 radical (unpaired) electrons. The van der Waals surface area contributed by atoms with Crippen LogP contribution in [0.4, 0.5) is 0 Å². The van der Waals surface area contributed by atoms with Gasteiger partial charge in [-0.3, -0.25) is 15.6 Å². The number of likely N-dealkylation sites (N-methyl/N-ethyl adjacent to an activating group) is 1. The Morgan fingerprint density at radius 1 is 1.09 bits per heavy atom. The number of carbonyl (C=O) groups excluding carboxylic acids is 1. The quantitative estimate of drug-likeness (QED) is 0.306. The second-order valence-electron chi connectivity index (χ2n) is 8.86. The van der Waals surface area contributed by atoms with Gasteiger partial charge in [0.25, 0.3) is 0 Å². The van der Waals surface area contributed by atoms with Crippen molar-refractivity contribution in [1.82, 2.24) is 10.2 Å². The van der Waals surface area contributed by atoms with Crippen LogP contribution in [0.3, 0.4) is 0 Å². The second kappa shape index (κ2) is 12.3. The van der Waals surface area contributed by atoms with Gasteiger partial charge in [-0.2, -0.15) is 0 Å². The molecule has 0 bridgehead atoms. The Hall–Kier alpha value is -3.03. The van der Waals surface area contributed by atoms with Crippen molar-refractivity contribution in [3.63, 3.8) is 0 Å². The summed E-state index contributed by atoms with van der Waals surface area (Å²) in [6.07, 6.45) is 1.38. The van der Waals surface area contributed by atoms with Crippen molar-refractivity contribution < 1.29 is 9.53 Å². The maximum Gasteiger partial charge on any atom is 0.240 e. The molecule has 2 atom stereocenters. The predicted molar refractivity (Wildman–Crippen MR) is 134 cm³/mol. The molecule has 2 aromatic rings. The summed E-state index contributed by atoms with van der Waals surface area (Å²) in [4.78, 5) is 14.1. The van der Waals surface area contributed by atoms with Crippen LogP contribution in [0.25, 0.3) is 0 Å². The molecule has 0 aromatic heterocycles. The van der Waals surface area contributed by atoms with E-state index in [-0.39, 0.29) is 24.3 Å². The van der Waals surface area contributed by atoms with E-state index in [9.17, 15) is 4.79 Å². The van der Waals surface area contributed by atoms with Gasteiger partial charge in [-0.05, 0) is 37.3 Å². The van der Waals surface area contributed by atoms with Crippen LogP contribution in [0.2, 0.25) is 0 Å². The first-order chi connectivity index (χ1) is 15.6. The zero-order valence-corrected chi connectivity index (χ0v) is 20.1. The summed E-state index contributed by atoms with van der Waals surface area (Å²) < 4.78 is 5.82. The largest absolute Gasteiger partial charge is 0.374 e. The molecule has 7 heteroatoms. The number of hydrogen-bond donors (Lipinski definition) is 4. The normalized spacial score (nSPS) is 13.1. The highest BCUT2D eigenvalue weighted by Gasteiger charge is 2.29. The van der Waals surface area contributed by atoms with Crippen molar-refractivity contribution >= 4 is 17.6 Å². The minimum atomic E-state index is -1.09. The molecule has 0 aliphatic carbocycles. The molecule has 2 unspecified atom stereocenters. The second-order valence-corrected chi connectivity index (χ2v) is 8.86. The molecule has 1 amide bonds. The standard InChI is InChI=1S/C26H37N5O2/c1-5-20(21-14-10-7-11-15-21)16-23(27)31(4)24(28)22(30-25(32)26(2,3)29)18-33-17-19-12-8-6-9-13-19/h6-15,20,22,27-28H,5,16-18,29H2,1-4H3,(H,30,32). The van der Waals surface area contributed by atoms with Crippen molar-refractivity contribution in [2.75, 3.05) is 13.7 Å². The van der Waals surface area contributed by atoms with Crippen LogP contribution in [0.1, 0.15) is 50.7 Å². The van der Waals surface area contributed by atoms with Crippen molar-refractivity contribution in [2.24, 2.45) is 5.73 Å². The number of amidine groups is 2. The Labute approximate surface area is 197 Å². The number of carbonyl (C=O) groups is 1. The summed E-state index contributed by atoms with van der Waals surface area (Å²) in [6.45, 7) is 5.79. The highest BCUT2D eigenvalue weighted by atomic mass is 16.5. The van der Waals surface area contributed by atoms with E-state index in [1.54, 1.807) is 20.9 Å². The SMILES string of the molecule is CCC(CC(=N)N(C)C(=N)C(COCc1ccccc1)NC(=O)C(C)(C)N)c1ccccc1. The van der Waals surface area contributed by atoms with Gasteiger partial charge in [0.1, 0.15) is 17.7 Å². The summed E-state index contributed by atoms with van der Waals surface area (Å²) in [5.74, 6) is 0.203. The van der Waals surface area contributed by atoms with E-state index in [2.05, 4.69) is 24.4 Å². The number of hydrogen-bond acceptors (Lipinski definition) is 5. The lowest BCUT2D eigenvalue weighted by atomic mass is 9.92. The lowest BCUT2D eigenvalue weighted by Crippen LogP contribution is -2.57. The van der Waals surface area contributed by atoms with Crippen LogP contribution in [0.5, 0.6) is 0 Å². The van der Waals surface area contributed by atoms with E-state index in [4.69, 9.17) is 21.3 Å². The number of nitrogens with zero attached hydrogens (tertiary/aromatic N) is 1. The molecular weight excluding hydrogens is 414 g/mol. The molecule has 2 aromatic carbocycles.